The van der Waals surface area contributed by atoms with Gasteiger partial charge in [0.05, 0.1) is 34.2 Å². The Balaban J connectivity index is 1.54. The average molecular weight is 649 g/mol. The van der Waals surface area contributed by atoms with E-state index in [4.69, 9.17) is 9.47 Å². The molecule has 0 fully saturated rings. The number of ether oxygens (including phenoxy) is 2. The van der Waals surface area contributed by atoms with Gasteiger partial charge in [-0.15, -0.1) is 0 Å². The fourth-order valence-corrected chi connectivity index (χ4v) is 8.24. The summed E-state index contributed by atoms with van der Waals surface area (Å²) in [5, 5.41) is 20.7. The summed E-state index contributed by atoms with van der Waals surface area (Å²) in [6.07, 6.45) is 0.326. The summed E-state index contributed by atoms with van der Waals surface area (Å²) in [5.41, 5.74) is 1.22. The van der Waals surface area contributed by atoms with Gasteiger partial charge in [0.25, 0.3) is 0 Å². The number of benzene rings is 2. The average Bonchev–Trinajstić information content (AvgIpc) is 3.48. The van der Waals surface area contributed by atoms with E-state index in [0.717, 1.165) is 5.56 Å². The largest absolute Gasteiger partial charge is 0.486 e. The fraction of sp³-hybridized carbons (Fsp3) is 0.467. The van der Waals surface area contributed by atoms with Gasteiger partial charge in [-0.1, -0.05) is 51.1 Å². The van der Waals surface area contributed by atoms with Crippen LogP contribution >= 0.6 is 0 Å². The van der Waals surface area contributed by atoms with Gasteiger partial charge in [-0.05, 0) is 36.1 Å². The molecule has 3 atom stereocenters. The zero-order valence-corrected chi connectivity index (χ0v) is 26.7. The Kier molecular flexibility index (Phi) is 11.1. The molecule has 0 saturated carbocycles. The highest BCUT2D eigenvalue weighted by Gasteiger charge is 2.33. The highest BCUT2D eigenvalue weighted by Crippen LogP contribution is 2.33. The van der Waals surface area contributed by atoms with Gasteiger partial charge in [-0.25, -0.2) is 16.8 Å². The summed E-state index contributed by atoms with van der Waals surface area (Å²) in [5.74, 6) is -1.49. The molecule has 14 heteroatoms. The van der Waals surface area contributed by atoms with Crippen LogP contribution in [0, 0.1) is 11.8 Å². The Labute approximate surface area is 258 Å². The third-order valence-electron chi connectivity index (χ3n) is 7.09. The number of aliphatic hydroxyl groups excluding tert-OH is 1. The van der Waals surface area contributed by atoms with E-state index in [1.54, 1.807) is 12.1 Å². The first-order valence-electron chi connectivity index (χ1n) is 14.4. The van der Waals surface area contributed by atoms with Gasteiger partial charge < -0.3 is 19.9 Å². The molecule has 0 spiro atoms. The monoisotopic (exact) mass is 648 g/mol. The zero-order valence-electron chi connectivity index (χ0n) is 25.0. The number of sulfonamides is 1. The molecule has 2 aromatic carbocycles. The van der Waals surface area contributed by atoms with Gasteiger partial charge in [0, 0.05) is 31.3 Å². The number of nitrogens with zero attached hydrogens (tertiary/aromatic N) is 2. The van der Waals surface area contributed by atoms with E-state index in [9.17, 15) is 26.7 Å². The molecule has 0 aliphatic carbocycles. The van der Waals surface area contributed by atoms with Crippen molar-refractivity contribution in [2.45, 2.75) is 50.0 Å². The van der Waals surface area contributed by atoms with Gasteiger partial charge in [0.15, 0.2) is 21.3 Å². The maximum absolute atomic E-state index is 13.8. The van der Waals surface area contributed by atoms with Crippen LogP contribution in [0.15, 0.2) is 65.7 Å². The molecule has 3 aromatic rings. The van der Waals surface area contributed by atoms with Gasteiger partial charge in [-0.2, -0.15) is 9.40 Å². The van der Waals surface area contributed by atoms with E-state index in [2.05, 4.69) is 15.5 Å². The maximum Gasteiger partial charge on any atom is 0.243 e. The highest BCUT2D eigenvalue weighted by atomic mass is 32.2. The topological polar surface area (TPSA) is 168 Å². The number of carbonyl (C=O) groups is 1. The van der Waals surface area contributed by atoms with Crippen molar-refractivity contribution in [3.63, 3.8) is 0 Å². The van der Waals surface area contributed by atoms with Crippen molar-refractivity contribution in [2.24, 2.45) is 11.8 Å². The number of hydrogen-bond acceptors (Lipinski definition) is 9. The van der Waals surface area contributed by atoms with Crippen molar-refractivity contribution in [1.29, 1.82) is 0 Å². The van der Waals surface area contributed by atoms with Gasteiger partial charge in [0.1, 0.15) is 13.2 Å². The second-order valence-electron chi connectivity index (χ2n) is 11.4. The molecule has 1 aliphatic heterocycles. The van der Waals surface area contributed by atoms with Crippen LogP contribution in [0.1, 0.15) is 32.0 Å². The van der Waals surface area contributed by atoms with Gasteiger partial charge in [-0.3, -0.25) is 9.89 Å². The predicted molar refractivity (Wildman–Crippen MR) is 164 cm³/mol. The lowest BCUT2D eigenvalue weighted by Gasteiger charge is -2.31. The Bertz CT molecular complexity index is 1600. The second kappa shape index (κ2) is 14.5. The van der Waals surface area contributed by atoms with E-state index < -0.39 is 49.6 Å². The summed E-state index contributed by atoms with van der Waals surface area (Å²) < 4.78 is 65.5. The fourth-order valence-electron chi connectivity index (χ4n) is 4.94. The minimum atomic E-state index is -4.09. The molecule has 240 valence electrons. The number of rotatable bonds is 15. The van der Waals surface area contributed by atoms with E-state index in [-0.39, 0.29) is 36.1 Å². The lowest BCUT2D eigenvalue weighted by molar-refractivity contribution is -0.125. The van der Waals surface area contributed by atoms with Crippen molar-refractivity contribution < 1.29 is 36.2 Å². The molecule has 3 N–H and O–H groups in total. The number of amides is 1. The molecule has 0 saturated heterocycles. The van der Waals surface area contributed by atoms with Gasteiger partial charge >= 0.3 is 0 Å². The Hall–Kier alpha value is -3.46. The molecular formula is C30H40N4O8S2. The molecule has 1 aliphatic rings. The molecule has 2 heterocycles. The van der Waals surface area contributed by atoms with Crippen LogP contribution in [0.5, 0.6) is 11.5 Å². The van der Waals surface area contributed by atoms with Crippen LogP contribution in [0.3, 0.4) is 0 Å². The first-order valence-corrected chi connectivity index (χ1v) is 17.7. The summed E-state index contributed by atoms with van der Waals surface area (Å²) in [6.45, 7) is 5.72. The highest BCUT2D eigenvalue weighted by molar-refractivity contribution is 7.90. The molecule has 1 amide bonds. The minimum Gasteiger partial charge on any atom is -0.486 e. The Morgan fingerprint density at radius 1 is 1.00 bits per heavy atom. The minimum absolute atomic E-state index is 0.00524. The number of H-pyrrole nitrogens is 1. The molecule has 12 nitrogen and oxygen atoms in total. The van der Waals surface area contributed by atoms with Crippen LogP contribution in [0.2, 0.25) is 0 Å². The third-order valence-corrected chi connectivity index (χ3v) is 10.7. The van der Waals surface area contributed by atoms with Crippen molar-refractivity contribution in [2.75, 3.05) is 32.1 Å². The lowest BCUT2D eigenvalue weighted by atomic mass is 10.00. The van der Waals surface area contributed by atoms with Crippen molar-refractivity contribution in [3.05, 3.63) is 72.1 Å². The molecule has 1 aromatic heterocycles. The quantitative estimate of drug-likeness (QED) is 0.224. The van der Waals surface area contributed by atoms with Crippen molar-refractivity contribution in [1.82, 2.24) is 19.8 Å². The molecule has 0 bridgehead atoms. The lowest BCUT2D eigenvalue weighted by Crippen LogP contribution is -2.52. The first kappa shape index (κ1) is 33.4. The number of sulfone groups is 1. The number of aromatic nitrogens is 2. The number of fused-ring (bicyclic) bond motifs is 1. The summed E-state index contributed by atoms with van der Waals surface area (Å²) in [6, 6.07) is 14.2. The normalized spacial score (nSPS) is 15.6. The molecule has 4 rings (SSSR count). The van der Waals surface area contributed by atoms with E-state index in [1.807, 2.05) is 44.2 Å². The third kappa shape index (κ3) is 9.03. The summed E-state index contributed by atoms with van der Waals surface area (Å²) in [7, 11) is -7.74. The Morgan fingerprint density at radius 2 is 1.70 bits per heavy atom. The maximum atomic E-state index is 13.8. The standard InChI is InChI=1S/C30H40N4O8S2/c1-21(2)17-34(44(39,40)25-9-10-28-29(16-25)42-14-13-41-28)18-27(35)26(15-23-7-5-4-6-8-23)32-30(36)22(3)19-43(37,38)20-24-11-12-31-33-24/h4-12,16,21-22,26-27,35H,13-15,17-20H2,1-3H3,(H,31,33)(H,32,36)/t22-,26?,27-/m1/s1. The van der Waals surface area contributed by atoms with Crippen LogP contribution < -0.4 is 14.8 Å². The van der Waals surface area contributed by atoms with Crippen molar-refractivity contribution >= 4 is 25.8 Å². The number of aromatic amines is 1. The summed E-state index contributed by atoms with van der Waals surface area (Å²) >= 11 is 0. The van der Waals surface area contributed by atoms with E-state index in [1.165, 1.54) is 29.6 Å². The van der Waals surface area contributed by atoms with Crippen LogP contribution in [-0.4, -0.2) is 86.6 Å². The zero-order chi connectivity index (χ0) is 31.9. The molecule has 1 unspecified atom stereocenters. The van der Waals surface area contributed by atoms with Crippen LogP contribution in [0.25, 0.3) is 0 Å². The smallest absolute Gasteiger partial charge is 0.243 e. The predicted octanol–water partition coefficient (Wildman–Crippen LogP) is 2.17. The number of aliphatic hydroxyl groups is 1. The second-order valence-corrected chi connectivity index (χ2v) is 15.5. The van der Waals surface area contributed by atoms with Gasteiger partial charge in [0.2, 0.25) is 15.9 Å². The van der Waals surface area contributed by atoms with Crippen LogP contribution in [-0.2, 0) is 36.8 Å². The number of carbonyl (C=O) groups excluding carboxylic acids is 1. The van der Waals surface area contributed by atoms with Crippen LogP contribution in [0.4, 0.5) is 0 Å². The Morgan fingerprint density at radius 3 is 2.36 bits per heavy atom. The van der Waals surface area contributed by atoms with E-state index >= 15 is 0 Å². The SMILES string of the molecule is CC(C)CN(C[C@@H](O)C(Cc1ccccc1)NC(=O)[C@H](C)CS(=O)(=O)Cc1ccn[nH]1)S(=O)(=O)c1ccc2c(c1)OCCO2. The number of nitrogens with one attached hydrogen (secondary N) is 2. The molecule has 0 radical (unpaired) electrons. The van der Waals surface area contributed by atoms with E-state index in [0.29, 0.717) is 30.4 Å². The summed E-state index contributed by atoms with van der Waals surface area (Å²) in [4.78, 5) is 13.3. The molecular weight excluding hydrogens is 608 g/mol. The number of hydrogen-bond donors (Lipinski definition) is 3. The van der Waals surface area contributed by atoms with Crippen molar-refractivity contribution in [3.8, 4) is 11.5 Å². The molecule has 44 heavy (non-hydrogen) atoms. The first-order chi connectivity index (χ1) is 20.8.